The third-order valence-corrected chi connectivity index (χ3v) is 5.70. The van der Waals surface area contributed by atoms with E-state index in [4.69, 9.17) is 4.42 Å². The molecule has 0 spiro atoms. The maximum Gasteiger partial charge on any atom is 0.345 e. The topological polar surface area (TPSA) is 78.9 Å². The minimum Gasteiger partial charge on any atom is -0.422 e. The number of thiazole rings is 1. The fourth-order valence-electron chi connectivity index (χ4n) is 2.84. The van der Waals surface area contributed by atoms with E-state index in [2.05, 4.69) is 32.3 Å². The van der Waals surface area contributed by atoms with Crippen LogP contribution in [0.3, 0.4) is 0 Å². The first kappa shape index (κ1) is 19.1. The Morgan fingerprint density at radius 3 is 2.90 bits per heavy atom. The van der Waals surface area contributed by atoms with Gasteiger partial charge in [-0.2, -0.15) is 5.26 Å². The molecule has 4 rings (SSSR count). The van der Waals surface area contributed by atoms with Gasteiger partial charge in [-0.05, 0) is 42.8 Å². The number of anilines is 1. The van der Waals surface area contributed by atoms with E-state index in [0.29, 0.717) is 27.4 Å². The van der Waals surface area contributed by atoms with E-state index in [-0.39, 0.29) is 0 Å². The zero-order valence-electron chi connectivity index (χ0n) is 15.3. The summed E-state index contributed by atoms with van der Waals surface area (Å²) in [5.74, 6) is 0. The standard InChI is InChI=1S/C22H14BrN3O2S/c1-13-8-16(23)6-7-18(13)25-11-15(10-24)21-26-19(12-29-21)17-9-14-4-2-3-5-20(14)28-22(17)27/h2-9,11-12,25H,1H3/b15-11+. The number of aryl methyl sites for hydroxylation is 1. The van der Waals surface area contributed by atoms with Gasteiger partial charge in [0.15, 0.2) is 0 Å². The van der Waals surface area contributed by atoms with Gasteiger partial charge in [0.1, 0.15) is 22.2 Å². The van der Waals surface area contributed by atoms with E-state index < -0.39 is 5.63 Å². The van der Waals surface area contributed by atoms with Crippen molar-refractivity contribution in [1.29, 1.82) is 5.26 Å². The Bertz CT molecular complexity index is 1350. The van der Waals surface area contributed by atoms with Crippen molar-refractivity contribution in [3.63, 3.8) is 0 Å². The number of hydrogen-bond acceptors (Lipinski definition) is 6. The second-order valence-corrected chi connectivity index (χ2v) is 8.07. The Kier molecular flexibility index (Phi) is 5.30. The number of nitriles is 1. The molecule has 0 aliphatic carbocycles. The van der Waals surface area contributed by atoms with Gasteiger partial charge in [-0.25, -0.2) is 9.78 Å². The molecule has 0 saturated carbocycles. The van der Waals surface area contributed by atoms with E-state index >= 15 is 0 Å². The lowest BCUT2D eigenvalue weighted by molar-refractivity contribution is 0.563. The third-order valence-electron chi connectivity index (χ3n) is 4.33. The lowest BCUT2D eigenvalue weighted by atomic mass is 10.1. The van der Waals surface area contributed by atoms with Crippen LogP contribution >= 0.6 is 27.3 Å². The lowest BCUT2D eigenvalue weighted by Crippen LogP contribution is -2.02. The van der Waals surface area contributed by atoms with Crippen LogP contribution < -0.4 is 10.9 Å². The summed E-state index contributed by atoms with van der Waals surface area (Å²) in [5.41, 5.74) is 3.27. The Hall–Kier alpha value is -3.21. The normalized spacial score (nSPS) is 11.4. The number of nitrogens with one attached hydrogen (secondary N) is 1. The summed E-state index contributed by atoms with van der Waals surface area (Å²) in [7, 11) is 0. The SMILES string of the molecule is Cc1cc(Br)ccc1N/C=C(\C#N)c1nc(-c2cc3ccccc3oc2=O)cs1. The maximum atomic E-state index is 12.4. The van der Waals surface area contributed by atoms with Crippen LogP contribution in [0.2, 0.25) is 0 Å². The molecule has 2 aromatic carbocycles. The Morgan fingerprint density at radius 2 is 2.10 bits per heavy atom. The number of aromatic nitrogens is 1. The molecular formula is C22H14BrN3O2S. The van der Waals surface area contributed by atoms with Crippen LogP contribution in [0.15, 0.2) is 73.8 Å². The molecule has 0 radical (unpaired) electrons. The molecule has 0 atom stereocenters. The Balaban J connectivity index is 1.66. The van der Waals surface area contributed by atoms with E-state index in [9.17, 15) is 10.1 Å². The summed E-state index contributed by atoms with van der Waals surface area (Å²) >= 11 is 4.74. The highest BCUT2D eigenvalue weighted by molar-refractivity contribution is 9.10. The molecule has 7 heteroatoms. The van der Waals surface area contributed by atoms with Crippen molar-refractivity contribution in [3.8, 4) is 17.3 Å². The maximum absolute atomic E-state index is 12.4. The number of allylic oxidation sites excluding steroid dienone is 1. The first-order chi connectivity index (χ1) is 14.0. The highest BCUT2D eigenvalue weighted by atomic mass is 79.9. The summed E-state index contributed by atoms with van der Waals surface area (Å²) in [6, 6.07) is 17.1. The summed E-state index contributed by atoms with van der Waals surface area (Å²) in [5, 5.41) is 15.8. The highest BCUT2D eigenvalue weighted by Crippen LogP contribution is 2.27. The van der Waals surface area contributed by atoms with Gasteiger partial charge in [0.2, 0.25) is 0 Å². The van der Waals surface area contributed by atoms with Gasteiger partial charge in [0.25, 0.3) is 0 Å². The monoisotopic (exact) mass is 463 g/mol. The molecule has 0 amide bonds. The van der Waals surface area contributed by atoms with Crippen molar-refractivity contribution in [3.05, 3.63) is 85.6 Å². The van der Waals surface area contributed by atoms with Crippen molar-refractivity contribution < 1.29 is 4.42 Å². The molecule has 5 nitrogen and oxygen atoms in total. The second kappa shape index (κ2) is 8.03. The molecule has 142 valence electrons. The van der Waals surface area contributed by atoms with Crippen LogP contribution in [-0.2, 0) is 0 Å². The number of para-hydroxylation sites is 1. The third kappa shape index (κ3) is 3.99. The molecular weight excluding hydrogens is 450 g/mol. The molecule has 0 bridgehead atoms. The molecule has 0 unspecified atom stereocenters. The predicted octanol–water partition coefficient (Wildman–Crippen LogP) is 5.96. The van der Waals surface area contributed by atoms with E-state index in [1.165, 1.54) is 11.3 Å². The molecule has 0 aliphatic rings. The Morgan fingerprint density at radius 1 is 1.28 bits per heavy atom. The van der Waals surface area contributed by atoms with Crippen molar-refractivity contribution in [2.75, 3.05) is 5.32 Å². The highest BCUT2D eigenvalue weighted by Gasteiger charge is 2.13. The molecule has 1 N–H and O–H groups in total. The van der Waals surface area contributed by atoms with Gasteiger partial charge in [-0.15, -0.1) is 11.3 Å². The zero-order chi connectivity index (χ0) is 20.4. The number of halogens is 1. The Labute approximate surface area is 179 Å². The van der Waals surface area contributed by atoms with Gasteiger partial charge >= 0.3 is 5.63 Å². The van der Waals surface area contributed by atoms with Crippen molar-refractivity contribution in [1.82, 2.24) is 4.98 Å². The van der Waals surface area contributed by atoms with Crippen LogP contribution in [0.1, 0.15) is 10.6 Å². The molecule has 0 saturated heterocycles. The molecule has 4 aromatic rings. The quantitative estimate of drug-likeness (QED) is 0.298. The zero-order valence-corrected chi connectivity index (χ0v) is 17.7. The van der Waals surface area contributed by atoms with Crippen LogP contribution in [0, 0.1) is 18.3 Å². The van der Waals surface area contributed by atoms with E-state index in [1.807, 2.05) is 43.3 Å². The molecule has 0 fully saturated rings. The fraction of sp³-hybridized carbons (Fsp3) is 0.0455. The van der Waals surface area contributed by atoms with E-state index in [0.717, 1.165) is 21.1 Å². The van der Waals surface area contributed by atoms with Gasteiger partial charge in [-0.3, -0.25) is 0 Å². The summed E-state index contributed by atoms with van der Waals surface area (Å²) in [4.78, 5) is 16.8. The van der Waals surface area contributed by atoms with Crippen LogP contribution in [0.25, 0.3) is 27.8 Å². The number of fused-ring (bicyclic) bond motifs is 1. The van der Waals surface area contributed by atoms with Crippen molar-refractivity contribution >= 4 is 49.5 Å². The smallest absolute Gasteiger partial charge is 0.345 e. The van der Waals surface area contributed by atoms with Gasteiger partial charge in [-0.1, -0.05) is 34.1 Å². The van der Waals surface area contributed by atoms with Crippen LogP contribution in [0.4, 0.5) is 5.69 Å². The van der Waals surface area contributed by atoms with Gasteiger partial charge < -0.3 is 9.73 Å². The van der Waals surface area contributed by atoms with Gasteiger partial charge in [0.05, 0.1) is 11.3 Å². The lowest BCUT2D eigenvalue weighted by Gasteiger charge is -2.06. The first-order valence-corrected chi connectivity index (χ1v) is 10.3. The van der Waals surface area contributed by atoms with E-state index in [1.54, 1.807) is 23.7 Å². The number of hydrogen-bond donors (Lipinski definition) is 1. The molecule has 2 heterocycles. The number of benzene rings is 2. The molecule has 0 aliphatic heterocycles. The molecule has 2 aromatic heterocycles. The summed E-state index contributed by atoms with van der Waals surface area (Å²) in [6.45, 7) is 1.98. The largest absolute Gasteiger partial charge is 0.422 e. The minimum atomic E-state index is -0.452. The summed E-state index contributed by atoms with van der Waals surface area (Å²) in [6.07, 6.45) is 1.63. The second-order valence-electron chi connectivity index (χ2n) is 6.30. The van der Waals surface area contributed by atoms with Crippen LogP contribution in [0.5, 0.6) is 0 Å². The number of rotatable bonds is 4. The molecule has 29 heavy (non-hydrogen) atoms. The first-order valence-electron chi connectivity index (χ1n) is 8.67. The van der Waals surface area contributed by atoms with Crippen molar-refractivity contribution in [2.24, 2.45) is 0 Å². The average Bonchev–Trinajstić information content (AvgIpc) is 3.19. The predicted molar refractivity (Wildman–Crippen MR) is 120 cm³/mol. The van der Waals surface area contributed by atoms with Crippen molar-refractivity contribution in [2.45, 2.75) is 6.92 Å². The fourth-order valence-corrected chi connectivity index (χ4v) is 4.10. The minimum absolute atomic E-state index is 0.375. The van der Waals surface area contributed by atoms with Gasteiger partial charge in [0, 0.05) is 27.1 Å². The average molecular weight is 464 g/mol. The van der Waals surface area contributed by atoms with Crippen LogP contribution in [-0.4, -0.2) is 4.98 Å². The number of nitrogens with zero attached hydrogens (tertiary/aromatic N) is 2. The summed E-state index contributed by atoms with van der Waals surface area (Å²) < 4.78 is 6.37.